The molecule has 2 rings (SSSR count). The first-order valence-corrected chi connectivity index (χ1v) is 6.62. The predicted molar refractivity (Wildman–Crippen MR) is 79.3 cm³/mol. The molecule has 1 unspecified atom stereocenters. The average Bonchev–Trinajstić information content (AvgIpc) is 2.34. The number of benzene rings is 1. The molecule has 0 aliphatic rings. The summed E-state index contributed by atoms with van der Waals surface area (Å²) >= 11 is 12.1. The first kappa shape index (κ1) is 14.3. The maximum absolute atomic E-state index is 6.19. The molecule has 1 atom stereocenters. The average molecular weight is 296 g/mol. The van der Waals surface area contributed by atoms with Crippen molar-refractivity contribution in [1.82, 2.24) is 10.4 Å². The van der Waals surface area contributed by atoms with Gasteiger partial charge in [-0.1, -0.05) is 47.0 Å². The van der Waals surface area contributed by atoms with Crippen LogP contribution >= 0.6 is 23.2 Å². The Hall–Kier alpha value is -1.13. The third-order valence-corrected chi connectivity index (χ3v) is 3.52. The fraction of sp³-hybridized carbons (Fsp3) is 0.214. The monoisotopic (exact) mass is 295 g/mol. The minimum absolute atomic E-state index is 0.259. The highest BCUT2D eigenvalue weighted by Gasteiger charge is 2.19. The molecule has 5 heteroatoms. The summed E-state index contributed by atoms with van der Waals surface area (Å²) in [7, 11) is 0. The van der Waals surface area contributed by atoms with Crippen LogP contribution in [0.5, 0.6) is 0 Å². The summed E-state index contributed by atoms with van der Waals surface area (Å²) in [4.78, 5) is 4.28. The van der Waals surface area contributed by atoms with Crippen LogP contribution in [0.3, 0.4) is 0 Å². The molecule has 3 N–H and O–H groups in total. The second-order valence-electron chi connectivity index (χ2n) is 4.48. The maximum Gasteiger partial charge on any atom is 0.0899 e. The van der Waals surface area contributed by atoms with Crippen molar-refractivity contribution in [2.75, 3.05) is 0 Å². The molecule has 0 aliphatic carbocycles. The van der Waals surface area contributed by atoms with E-state index in [0.29, 0.717) is 15.7 Å². The van der Waals surface area contributed by atoms with Crippen LogP contribution in [0.2, 0.25) is 10.0 Å². The number of hydrogen-bond acceptors (Lipinski definition) is 3. The van der Waals surface area contributed by atoms with Crippen LogP contribution in [-0.4, -0.2) is 4.98 Å². The maximum atomic E-state index is 6.19. The van der Waals surface area contributed by atoms with E-state index in [-0.39, 0.29) is 6.04 Å². The van der Waals surface area contributed by atoms with Crippen molar-refractivity contribution >= 4 is 23.2 Å². The molecule has 0 saturated carbocycles. The molecule has 0 saturated heterocycles. The van der Waals surface area contributed by atoms with Gasteiger partial charge in [0.1, 0.15) is 0 Å². The topological polar surface area (TPSA) is 50.9 Å². The lowest BCUT2D eigenvalue weighted by Gasteiger charge is -2.19. The Morgan fingerprint density at radius 2 is 1.95 bits per heavy atom. The van der Waals surface area contributed by atoms with E-state index in [0.717, 1.165) is 11.1 Å². The van der Waals surface area contributed by atoms with Gasteiger partial charge >= 0.3 is 0 Å². The van der Waals surface area contributed by atoms with Crippen LogP contribution in [0.25, 0.3) is 0 Å². The Morgan fingerprint density at radius 1 is 1.21 bits per heavy atom. The number of aryl methyl sites for hydroxylation is 2. The molecule has 1 aromatic heterocycles. The summed E-state index contributed by atoms with van der Waals surface area (Å²) in [5.41, 5.74) is 6.81. The van der Waals surface area contributed by atoms with Crippen LogP contribution in [0.4, 0.5) is 0 Å². The van der Waals surface area contributed by atoms with Crippen LogP contribution in [0, 0.1) is 13.8 Å². The zero-order valence-corrected chi connectivity index (χ0v) is 12.3. The normalized spacial score (nSPS) is 12.5. The summed E-state index contributed by atoms with van der Waals surface area (Å²) in [5.74, 6) is 5.67. The van der Waals surface area contributed by atoms with Gasteiger partial charge in [0.15, 0.2) is 0 Å². The summed E-state index contributed by atoms with van der Waals surface area (Å²) in [6.45, 7) is 4.09. The van der Waals surface area contributed by atoms with E-state index in [1.54, 1.807) is 12.3 Å². The molecule has 1 heterocycles. The summed E-state index contributed by atoms with van der Waals surface area (Å²) < 4.78 is 0. The molecule has 0 bridgehead atoms. The van der Waals surface area contributed by atoms with Gasteiger partial charge in [-0.2, -0.15) is 0 Å². The largest absolute Gasteiger partial charge is 0.271 e. The van der Waals surface area contributed by atoms with Crippen molar-refractivity contribution in [1.29, 1.82) is 0 Å². The first-order valence-electron chi connectivity index (χ1n) is 5.87. The van der Waals surface area contributed by atoms with Gasteiger partial charge in [-0.05, 0) is 31.0 Å². The first-order chi connectivity index (χ1) is 9.02. The summed E-state index contributed by atoms with van der Waals surface area (Å²) in [6, 6.07) is 7.58. The predicted octanol–water partition coefficient (Wildman–Crippen LogP) is 3.56. The van der Waals surface area contributed by atoms with Crippen LogP contribution in [0.1, 0.15) is 28.4 Å². The van der Waals surface area contributed by atoms with E-state index in [2.05, 4.69) is 23.4 Å². The summed E-state index contributed by atoms with van der Waals surface area (Å²) in [6.07, 6.45) is 1.57. The van der Waals surface area contributed by atoms with Gasteiger partial charge in [-0.25, -0.2) is 5.43 Å². The smallest absolute Gasteiger partial charge is 0.0899 e. The Kier molecular flexibility index (Phi) is 4.42. The molecular formula is C14H15Cl2N3. The Labute approximate surface area is 122 Å². The molecule has 0 amide bonds. The lowest BCUT2D eigenvalue weighted by molar-refractivity contribution is 0.618. The third kappa shape index (κ3) is 3.07. The number of hydrogen-bond donors (Lipinski definition) is 2. The Morgan fingerprint density at radius 3 is 2.53 bits per heavy atom. The number of halogens is 2. The molecular weight excluding hydrogens is 281 g/mol. The van der Waals surface area contributed by atoms with Gasteiger partial charge < -0.3 is 0 Å². The standard InChI is InChI=1S/C14H15Cl2N3/c1-8-3-4-11(9(2)5-8)13(19-17)14-12(16)6-10(15)7-18-14/h3-7,13,19H,17H2,1-2H3. The molecule has 1 aromatic carbocycles. The minimum Gasteiger partial charge on any atom is -0.271 e. The minimum atomic E-state index is -0.259. The highest BCUT2D eigenvalue weighted by molar-refractivity contribution is 6.34. The van der Waals surface area contributed by atoms with E-state index in [1.807, 2.05) is 19.1 Å². The van der Waals surface area contributed by atoms with E-state index < -0.39 is 0 Å². The van der Waals surface area contributed by atoms with Crippen molar-refractivity contribution in [3.05, 3.63) is 62.9 Å². The van der Waals surface area contributed by atoms with Gasteiger partial charge in [0.05, 0.1) is 21.8 Å². The van der Waals surface area contributed by atoms with E-state index in [9.17, 15) is 0 Å². The fourth-order valence-corrected chi connectivity index (χ4v) is 2.59. The van der Waals surface area contributed by atoms with Crippen LogP contribution < -0.4 is 11.3 Å². The number of rotatable bonds is 3. The Bertz CT molecular complexity index is 548. The zero-order chi connectivity index (χ0) is 14.0. The third-order valence-electron chi connectivity index (χ3n) is 3.01. The van der Waals surface area contributed by atoms with Crippen LogP contribution in [-0.2, 0) is 0 Å². The van der Waals surface area contributed by atoms with Crippen molar-refractivity contribution < 1.29 is 0 Å². The number of pyridine rings is 1. The molecule has 2 aromatic rings. The lowest BCUT2D eigenvalue weighted by Crippen LogP contribution is -2.30. The molecule has 100 valence electrons. The summed E-state index contributed by atoms with van der Waals surface area (Å²) in [5, 5.41) is 1.00. The molecule has 0 radical (unpaired) electrons. The zero-order valence-electron chi connectivity index (χ0n) is 10.7. The van der Waals surface area contributed by atoms with Crippen molar-refractivity contribution in [2.24, 2.45) is 5.84 Å². The van der Waals surface area contributed by atoms with E-state index >= 15 is 0 Å². The van der Waals surface area contributed by atoms with Crippen molar-refractivity contribution in [3.63, 3.8) is 0 Å². The van der Waals surface area contributed by atoms with Gasteiger partial charge in [-0.15, -0.1) is 0 Å². The molecule has 0 spiro atoms. The molecule has 19 heavy (non-hydrogen) atoms. The number of nitrogens with one attached hydrogen (secondary N) is 1. The van der Waals surface area contributed by atoms with Gasteiger partial charge in [-0.3, -0.25) is 10.8 Å². The molecule has 0 aliphatic heterocycles. The number of nitrogens with zero attached hydrogens (tertiary/aromatic N) is 1. The molecule has 3 nitrogen and oxygen atoms in total. The second kappa shape index (κ2) is 5.88. The van der Waals surface area contributed by atoms with Gasteiger partial charge in [0.2, 0.25) is 0 Å². The second-order valence-corrected chi connectivity index (χ2v) is 5.32. The number of aromatic nitrogens is 1. The lowest BCUT2D eigenvalue weighted by atomic mass is 9.97. The van der Waals surface area contributed by atoms with Crippen molar-refractivity contribution in [2.45, 2.75) is 19.9 Å². The van der Waals surface area contributed by atoms with Crippen molar-refractivity contribution in [3.8, 4) is 0 Å². The quantitative estimate of drug-likeness (QED) is 0.672. The highest BCUT2D eigenvalue weighted by atomic mass is 35.5. The Balaban J connectivity index is 2.50. The van der Waals surface area contributed by atoms with E-state index in [1.165, 1.54) is 5.56 Å². The molecule has 0 fully saturated rings. The number of nitrogens with two attached hydrogens (primary N) is 1. The highest BCUT2D eigenvalue weighted by Crippen LogP contribution is 2.29. The van der Waals surface area contributed by atoms with E-state index in [4.69, 9.17) is 29.0 Å². The fourth-order valence-electron chi connectivity index (χ4n) is 2.10. The van der Waals surface area contributed by atoms with Gasteiger partial charge in [0, 0.05) is 6.20 Å². The SMILES string of the molecule is Cc1ccc(C(NN)c2ncc(Cl)cc2Cl)c(C)c1. The van der Waals surface area contributed by atoms with Gasteiger partial charge in [0.25, 0.3) is 0 Å². The van der Waals surface area contributed by atoms with Crippen LogP contribution in [0.15, 0.2) is 30.5 Å². The number of hydrazine groups is 1.